The van der Waals surface area contributed by atoms with Crippen LogP contribution in [0.5, 0.6) is 0 Å². The van der Waals surface area contributed by atoms with Gasteiger partial charge in [0.05, 0.1) is 12.6 Å². The van der Waals surface area contributed by atoms with Crippen LogP contribution in [0.4, 0.5) is 4.39 Å². The molecule has 3 heteroatoms. The van der Waals surface area contributed by atoms with Crippen molar-refractivity contribution in [2.75, 3.05) is 6.67 Å². The maximum Gasteiger partial charge on any atom is 0.306 e. The molecule has 0 spiro atoms. The molecule has 0 saturated heterocycles. The number of rotatable bonds is 5. The Morgan fingerprint density at radius 2 is 2.13 bits per heavy atom. The number of aliphatic carboxylic acids is 1. The summed E-state index contributed by atoms with van der Waals surface area (Å²) in [5.74, 6) is -1.54. The number of carbonyl (C=O) groups is 1. The van der Waals surface area contributed by atoms with Crippen LogP contribution >= 0.6 is 0 Å². The minimum atomic E-state index is -0.920. The van der Waals surface area contributed by atoms with Gasteiger partial charge in [0.1, 0.15) is 0 Å². The van der Waals surface area contributed by atoms with Gasteiger partial charge < -0.3 is 5.11 Å². The van der Waals surface area contributed by atoms with E-state index in [1.165, 1.54) is 0 Å². The van der Waals surface area contributed by atoms with Gasteiger partial charge in [-0.2, -0.15) is 0 Å². The van der Waals surface area contributed by atoms with Gasteiger partial charge in [-0.25, -0.2) is 0 Å². The van der Waals surface area contributed by atoms with Crippen LogP contribution < -0.4 is 0 Å². The molecule has 0 aliphatic rings. The Bertz CT molecular complexity index is 336. The summed E-state index contributed by atoms with van der Waals surface area (Å²) in [6, 6.07) is 7.60. The van der Waals surface area contributed by atoms with Crippen molar-refractivity contribution >= 4 is 5.97 Å². The Morgan fingerprint density at radius 1 is 1.47 bits per heavy atom. The smallest absolute Gasteiger partial charge is 0.306 e. The van der Waals surface area contributed by atoms with Crippen LogP contribution in [0.2, 0.25) is 0 Å². The fraction of sp³-hybridized carbons (Fsp3) is 0.417. The van der Waals surface area contributed by atoms with E-state index in [4.69, 9.17) is 5.11 Å². The van der Waals surface area contributed by atoms with Crippen molar-refractivity contribution in [1.82, 2.24) is 0 Å². The molecule has 82 valence electrons. The molecule has 1 unspecified atom stereocenters. The molecular formula is C12H15FO2. The van der Waals surface area contributed by atoms with E-state index >= 15 is 0 Å². The summed E-state index contributed by atoms with van der Waals surface area (Å²) in [6.07, 6.45) is 0.496. The van der Waals surface area contributed by atoms with Crippen molar-refractivity contribution in [3.05, 3.63) is 35.4 Å². The Kier molecular flexibility index (Phi) is 4.28. The van der Waals surface area contributed by atoms with Gasteiger partial charge in [-0.1, -0.05) is 24.3 Å². The van der Waals surface area contributed by atoms with Gasteiger partial charge >= 0.3 is 5.97 Å². The summed E-state index contributed by atoms with van der Waals surface area (Å²) in [5, 5.41) is 8.89. The van der Waals surface area contributed by atoms with Gasteiger partial charge in [-0.15, -0.1) is 0 Å². The van der Waals surface area contributed by atoms with Gasteiger partial charge in [-0.05, 0) is 30.9 Å². The zero-order chi connectivity index (χ0) is 11.3. The third-order valence-corrected chi connectivity index (χ3v) is 2.53. The lowest BCUT2D eigenvalue weighted by Gasteiger charge is -2.11. The fourth-order valence-electron chi connectivity index (χ4n) is 1.55. The highest BCUT2D eigenvalue weighted by Crippen LogP contribution is 2.16. The number of hydrogen-bond acceptors (Lipinski definition) is 1. The highest BCUT2D eigenvalue weighted by atomic mass is 19.1. The Balaban J connectivity index is 2.74. The first-order valence-electron chi connectivity index (χ1n) is 4.98. The number of alkyl halides is 1. The highest BCUT2D eigenvalue weighted by molar-refractivity contribution is 5.70. The standard InChI is InChI=1S/C12H15FO2/c1-9-4-2-3-5-10(9)8-11(6-7-13)12(14)15/h2-5,11H,6-8H2,1H3,(H,14,15). The van der Waals surface area contributed by atoms with Gasteiger partial charge in [0.15, 0.2) is 0 Å². The third kappa shape index (κ3) is 3.35. The minimum absolute atomic E-state index is 0.0870. The number of carboxylic acid groups (broad SMARTS) is 1. The molecule has 0 aliphatic carbocycles. The van der Waals surface area contributed by atoms with Gasteiger partial charge in [0.25, 0.3) is 0 Å². The molecule has 1 atom stereocenters. The zero-order valence-electron chi connectivity index (χ0n) is 8.74. The predicted molar refractivity (Wildman–Crippen MR) is 56.6 cm³/mol. The maximum atomic E-state index is 12.1. The summed E-state index contributed by atoms with van der Waals surface area (Å²) >= 11 is 0. The molecule has 1 aromatic rings. The van der Waals surface area contributed by atoms with E-state index in [9.17, 15) is 9.18 Å². The number of hydrogen-bond donors (Lipinski definition) is 1. The van der Waals surface area contributed by atoms with Crippen molar-refractivity contribution in [2.45, 2.75) is 19.8 Å². The SMILES string of the molecule is Cc1ccccc1CC(CCF)C(=O)O. The molecule has 1 rings (SSSR count). The van der Waals surface area contributed by atoms with E-state index in [-0.39, 0.29) is 6.42 Å². The van der Waals surface area contributed by atoms with Crippen molar-refractivity contribution in [3.63, 3.8) is 0 Å². The van der Waals surface area contributed by atoms with E-state index in [2.05, 4.69) is 0 Å². The highest BCUT2D eigenvalue weighted by Gasteiger charge is 2.18. The van der Waals surface area contributed by atoms with Crippen LogP contribution in [0.3, 0.4) is 0 Å². The number of aryl methyl sites for hydroxylation is 1. The normalized spacial score (nSPS) is 12.4. The zero-order valence-corrected chi connectivity index (χ0v) is 8.74. The van der Waals surface area contributed by atoms with Crippen molar-refractivity contribution < 1.29 is 14.3 Å². The molecule has 0 bridgehead atoms. The Morgan fingerprint density at radius 3 is 2.67 bits per heavy atom. The molecular weight excluding hydrogens is 195 g/mol. The monoisotopic (exact) mass is 210 g/mol. The van der Waals surface area contributed by atoms with Gasteiger partial charge in [0.2, 0.25) is 0 Å². The van der Waals surface area contributed by atoms with Gasteiger partial charge in [0, 0.05) is 0 Å². The molecule has 0 radical (unpaired) electrons. The Labute approximate surface area is 88.7 Å². The molecule has 2 nitrogen and oxygen atoms in total. The van der Waals surface area contributed by atoms with Crippen LogP contribution in [-0.2, 0) is 11.2 Å². The molecule has 0 amide bonds. The van der Waals surface area contributed by atoms with Crippen LogP contribution in [-0.4, -0.2) is 17.8 Å². The summed E-state index contributed by atoms with van der Waals surface area (Å²) in [5.41, 5.74) is 2.04. The summed E-state index contributed by atoms with van der Waals surface area (Å²) < 4.78 is 12.1. The molecule has 0 aromatic heterocycles. The lowest BCUT2D eigenvalue weighted by Crippen LogP contribution is -2.17. The third-order valence-electron chi connectivity index (χ3n) is 2.53. The molecule has 0 heterocycles. The second kappa shape index (κ2) is 5.49. The number of carboxylic acids is 1. The Hall–Kier alpha value is -1.38. The molecule has 0 saturated carbocycles. The average Bonchev–Trinajstić information content (AvgIpc) is 2.20. The van der Waals surface area contributed by atoms with Gasteiger partial charge in [-0.3, -0.25) is 9.18 Å². The second-order valence-electron chi connectivity index (χ2n) is 3.64. The van der Waals surface area contributed by atoms with Crippen LogP contribution in [0.1, 0.15) is 17.5 Å². The first kappa shape index (κ1) is 11.7. The first-order valence-corrected chi connectivity index (χ1v) is 4.98. The average molecular weight is 210 g/mol. The molecule has 1 N–H and O–H groups in total. The van der Waals surface area contributed by atoms with E-state index in [0.717, 1.165) is 11.1 Å². The van der Waals surface area contributed by atoms with Crippen LogP contribution in [0.15, 0.2) is 24.3 Å². The number of halogens is 1. The van der Waals surface area contributed by atoms with E-state index in [0.29, 0.717) is 6.42 Å². The summed E-state index contributed by atoms with van der Waals surface area (Å²) in [6.45, 7) is 1.35. The van der Waals surface area contributed by atoms with Crippen molar-refractivity contribution in [1.29, 1.82) is 0 Å². The van der Waals surface area contributed by atoms with Crippen molar-refractivity contribution in [2.24, 2.45) is 5.92 Å². The topological polar surface area (TPSA) is 37.3 Å². The lowest BCUT2D eigenvalue weighted by atomic mass is 9.94. The lowest BCUT2D eigenvalue weighted by molar-refractivity contribution is -0.142. The van der Waals surface area contributed by atoms with Crippen molar-refractivity contribution in [3.8, 4) is 0 Å². The molecule has 1 aromatic carbocycles. The molecule has 15 heavy (non-hydrogen) atoms. The fourth-order valence-corrected chi connectivity index (χ4v) is 1.55. The minimum Gasteiger partial charge on any atom is -0.481 e. The van der Waals surface area contributed by atoms with E-state index in [1.54, 1.807) is 0 Å². The summed E-state index contributed by atoms with van der Waals surface area (Å²) in [4.78, 5) is 10.8. The van der Waals surface area contributed by atoms with Crippen LogP contribution in [0.25, 0.3) is 0 Å². The van der Waals surface area contributed by atoms with Crippen LogP contribution in [0, 0.1) is 12.8 Å². The van der Waals surface area contributed by atoms with E-state index < -0.39 is 18.6 Å². The molecule has 0 fully saturated rings. The molecule has 0 aliphatic heterocycles. The largest absolute Gasteiger partial charge is 0.481 e. The first-order chi connectivity index (χ1) is 7.15. The predicted octanol–water partition coefficient (Wildman–Crippen LogP) is 2.60. The maximum absolute atomic E-state index is 12.1. The quantitative estimate of drug-likeness (QED) is 0.811. The second-order valence-corrected chi connectivity index (χ2v) is 3.64. The van der Waals surface area contributed by atoms with E-state index in [1.807, 2.05) is 31.2 Å². The summed E-state index contributed by atoms with van der Waals surface area (Å²) in [7, 11) is 0. The number of benzene rings is 1.